The highest BCUT2D eigenvalue weighted by molar-refractivity contribution is 5.70. The Labute approximate surface area is 91.8 Å². The highest BCUT2D eigenvalue weighted by atomic mass is 16.1. The molecule has 2 heterocycles. The third-order valence-corrected chi connectivity index (χ3v) is 2.21. The van der Waals surface area contributed by atoms with Gasteiger partial charge in [-0.25, -0.2) is 4.98 Å². The van der Waals surface area contributed by atoms with Crippen molar-refractivity contribution < 1.29 is 0 Å². The summed E-state index contributed by atoms with van der Waals surface area (Å²) in [7, 11) is 0. The average molecular weight is 219 g/mol. The van der Waals surface area contributed by atoms with Crippen LogP contribution < -0.4 is 11.3 Å². The quantitative estimate of drug-likeness (QED) is 0.742. The van der Waals surface area contributed by atoms with Crippen LogP contribution in [0.25, 0.3) is 11.2 Å². The molecule has 0 aliphatic carbocycles. The molecule has 0 bridgehead atoms. The Hall–Kier alpha value is -2.11. The first kappa shape index (κ1) is 10.4. The van der Waals surface area contributed by atoms with Gasteiger partial charge < -0.3 is 10.3 Å². The molecule has 0 radical (unpaired) electrons. The second-order valence-corrected chi connectivity index (χ2v) is 3.40. The predicted molar refractivity (Wildman–Crippen MR) is 62.0 cm³/mol. The molecule has 0 aromatic carbocycles. The molecule has 0 saturated heterocycles. The minimum atomic E-state index is -0.259. The maximum absolute atomic E-state index is 11.7. The lowest BCUT2D eigenvalue weighted by Crippen LogP contribution is -2.14. The van der Waals surface area contributed by atoms with E-state index < -0.39 is 0 Å². The van der Waals surface area contributed by atoms with E-state index in [0.717, 1.165) is 6.42 Å². The number of nitrogens with two attached hydrogens (primary N) is 1. The largest absolute Gasteiger partial charge is 0.369 e. The number of hydrogen-bond acceptors (Lipinski definition) is 4. The molecule has 6 nitrogen and oxygen atoms in total. The van der Waals surface area contributed by atoms with Gasteiger partial charge in [-0.1, -0.05) is 19.1 Å². The number of nitrogens with zero attached hydrogens (tertiary/aromatic N) is 3. The summed E-state index contributed by atoms with van der Waals surface area (Å²) in [5.74, 6) is 0.0897. The first-order chi connectivity index (χ1) is 7.72. The van der Waals surface area contributed by atoms with Crippen LogP contribution in [-0.4, -0.2) is 19.5 Å². The Balaban J connectivity index is 2.48. The maximum atomic E-state index is 11.7. The van der Waals surface area contributed by atoms with Gasteiger partial charge in [0.2, 0.25) is 5.95 Å². The lowest BCUT2D eigenvalue weighted by atomic mass is 10.4. The van der Waals surface area contributed by atoms with Crippen molar-refractivity contribution in [1.82, 2.24) is 19.5 Å². The Morgan fingerprint density at radius 3 is 3.12 bits per heavy atom. The number of aromatic nitrogens is 4. The summed E-state index contributed by atoms with van der Waals surface area (Å²) in [5, 5.41) is 0. The van der Waals surface area contributed by atoms with Crippen molar-refractivity contribution >= 4 is 17.1 Å². The number of hydrogen-bond donors (Lipinski definition) is 2. The zero-order valence-corrected chi connectivity index (χ0v) is 8.97. The molecule has 0 atom stereocenters. The van der Waals surface area contributed by atoms with E-state index in [-0.39, 0.29) is 11.5 Å². The van der Waals surface area contributed by atoms with Gasteiger partial charge in [-0.05, 0) is 6.42 Å². The third kappa shape index (κ3) is 1.81. The fourth-order valence-electron chi connectivity index (χ4n) is 1.50. The van der Waals surface area contributed by atoms with Gasteiger partial charge in [-0.3, -0.25) is 9.78 Å². The van der Waals surface area contributed by atoms with E-state index in [1.807, 2.05) is 12.2 Å². The van der Waals surface area contributed by atoms with E-state index in [1.165, 1.54) is 0 Å². The molecule has 6 heteroatoms. The zero-order chi connectivity index (χ0) is 11.5. The van der Waals surface area contributed by atoms with Crippen LogP contribution >= 0.6 is 0 Å². The summed E-state index contributed by atoms with van der Waals surface area (Å²) in [6.07, 6.45) is 6.57. The Bertz CT molecular complexity index is 580. The number of nitrogens with one attached hydrogen (secondary N) is 1. The SMILES string of the molecule is CC/C=C/Cn1cnc2nc(N)[nH]c(=O)c21. The van der Waals surface area contributed by atoms with E-state index in [9.17, 15) is 4.79 Å². The summed E-state index contributed by atoms with van der Waals surface area (Å²) < 4.78 is 1.74. The van der Waals surface area contributed by atoms with Gasteiger partial charge in [0.1, 0.15) is 0 Å². The molecule has 16 heavy (non-hydrogen) atoms. The molecule has 0 aliphatic heterocycles. The number of H-pyrrole nitrogens is 1. The molecule has 2 aromatic rings. The van der Waals surface area contributed by atoms with E-state index in [0.29, 0.717) is 17.7 Å². The summed E-state index contributed by atoms with van der Waals surface area (Å²) in [5.41, 5.74) is 6.00. The van der Waals surface area contributed by atoms with E-state index in [2.05, 4.69) is 21.9 Å². The molecular weight excluding hydrogens is 206 g/mol. The van der Waals surface area contributed by atoms with Crippen molar-refractivity contribution in [2.24, 2.45) is 0 Å². The van der Waals surface area contributed by atoms with Crippen LogP contribution in [0.3, 0.4) is 0 Å². The lowest BCUT2D eigenvalue weighted by Gasteiger charge is -1.98. The van der Waals surface area contributed by atoms with Gasteiger partial charge in [0, 0.05) is 6.54 Å². The van der Waals surface area contributed by atoms with Gasteiger partial charge in [0.25, 0.3) is 5.56 Å². The Morgan fingerprint density at radius 1 is 1.56 bits per heavy atom. The number of nitrogen functional groups attached to an aromatic ring is 1. The standard InChI is InChI=1S/C10H13N5O/c1-2-3-4-5-15-6-12-8-7(15)9(16)14-10(11)13-8/h3-4,6H,2,5H2,1H3,(H3,11,13,14,16)/b4-3+. The van der Waals surface area contributed by atoms with Crippen LogP contribution in [0.5, 0.6) is 0 Å². The second kappa shape index (κ2) is 4.18. The highest BCUT2D eigenvalue weighted by Crippen LogP contribution is 2.05. The molecule has 2 aromatic heterocycles. The fourth-order valence-corrected chi connectivity index (χ4v) is 1.50. The van der Waals surface area contributed by atoms with Crippen molar-refractivity contribution in [3.63, 3.8) is 0 Å². The van der Waals surface area contributed by atoms with E-state index in [1.54, 1.807) is 10.9 Å². The Kier molecular flexibility index (Phi) is 2.72. The van der Waals surface area contributed by atoms with Gasteiger partial charge in [0.05, 0.1) is 6.33 Å². The lowest BCUT2D eigenvalue weighted by molar-refractivity contribution is 0.840. The van der Waals surface area contributed by atoms with Crippen molar-refractivity contribution in [2.75, 3.05) is 5.73 Å². The minimum Gasteiger partial charge on any atom is -0.369 e. The maximum Gasteiger partial charge on any atom is 0.278 e. The number of rotatable bonds is 3. The summed E-state index contributed by atoms with van der Waals surface area (Å²) >= 11 is 0. The summed E-state index contributed by atoms with van der Waals surface area (Å²) in [4.78, 5) is 22.1. The van der Waals surface area contributed by atoms with Crippen LogP contribution in [0.4, 0.5) is 5.95 Å². The van der Waals surface area contributed by atoms with Crippen LogP contribution in [0.1, 0.15) is 13.3 Å². The van der Waals surface area contributed by atoms with E-state index in [4.69, 9.17) is 5.73 Å². The minimum absolute atomic E-state index is 0.0897. The van der Waals surface area contributed by atoms with Crippen LogP contribution in [0.2, 0.25) is 0 Å². The normalized spacial score (nSPS) is 11.6. The number of imidazole rings is 1. The third-order valence-electron chi connectivity index (χ3n) is 2.21. The molecule has 0 spiro atoms. The number of aromatic amines is 1. The second-order valence-electron chi connectivity index (χ2n) is 3.40. The Morgan fingerprint density at radius 2 is 2.38 bits per heavy atom. The van der Waals surface area contributed by atoms with Crippen LogP contribution in [0, 0.1) is 0 Å². The number of anilines is 1. The van der Waals surface area contributed by atoms with Crippen LogP contribution in [0.15, 0.2) is 23.3 Å². The summed E-state index contributed by atoms with van der Waals surface area (Å²) in [6.45, 7) is 2.66. The van der Waals surface area contributed by atoms with Crippen molar-refractivity contribution in [2.45, 2.75) is 19.9 Å². The monoisotopic (exact) mass is 219 g/mol. The van der Waals surface area contributed by atoms with Gasteiger partial charge >= 0.3 is 0 Å². The van der Waals surface area contributed by atoms with Gasteiger partial charge in [0.15, 0.2) is 11.2 Å². The molecule has 0 amide bonds. The number of allylic oxidation sites excluding steroid dienone is 2. The molecule has 0 aliphatic rings. The van der Waals surface area contributed by atoms with E-state index >= 15 is 0 Å². The first-order valence-corrected chi connectivity index (χ1v) is 5.08. The zero-order valence-electron chi connectivity index (χ0n) is 8.97. The smallest absolute Gasteiger partial charge is 0.278 e. The van der Waals surface area contributed by atoms with Gasteiger partial charge in [-0.15, -0.1) is 0 Å². The predicted octanol–water partition coefficient (Wildman–Crippen LogP) is 0.668. The molecular formula is C10H13N5O. The number of fused-ring (bicyclic) bond motifs is 1. The van der Waals surface area contributed by atoms with Crippen LogP contribution in [-0.2, 0) is 6.54 Å². The first-order valence-electron chi connectivity index (χ1n) is 5.08. The van der Waals surface area contributed by atoms with Crippen molar-refractivity contribution in [1.29, 1.82) is 0 Å². The highest BCUT2D eigenvalue weighted by Gasteiger charge is 2.07. The molecule has 0 saturated carbocycles. The van der Waals surface area contributed by atoms with Crippen molar-refractivity contribution in [3.05, 3.63) is 28.8 Å². The molecule has 0 unspecified atom stereocenters. The fraction of sp³-hybridized carbons (Fsp3) is 0.300. The molecule has 3 N–H and O–H groups in total. The average Bonchev–Trinajstić information content (AvgIpc) is 2.62. The van der Waals surface area contributed by atoms with Crippen molar-refractivity contribution in [3.8, 4) is 0 Å². The summed E-state index contributed by atoms with van der Waals surface area (Å²) in [6, 6.07) is 0. The molecule has 84 valence electrons. The molecule has 0 fully saturated rings. The van der Waals surface area contributed by atoms with Gasteiger partial charge in [-0.2, -0.15) is 4.98 Å². The molecule has 2 rings (SSSR count). The topological polar surface area (TPSA) is 89.6 Å².